The Hall–Kier alpha value is -3.04. The molecule has 8 nitrogen and oxygen atoms in total. The van der Waals surface area contributed by atoms with Crippen molar-refractivity contribution in [3.63, 3.8) is 0 Å². The number of nitrogens with two attached hydrogens (primary N) is 1. The summed E-state index contributed by atoms with van der Waals surface area (Å²) in [5.41, 5.74) is 6.06. The van der Waals surface area contributed by atoms with Crippen LogP contribution in [0, 0.1) is 15.9 Å². The quantitative estimate of drug-likeness (QED) is 0.499. The highest BCUT2D eigenvalue weighted by molar-refractivity contribution is 6.31. The lowest BCUT2D eigenvalue weighted by atomic mass is 10.2. The first kappa shape index (κ1) is 17.8. The van der Waals surface area contributed by atoms with Gasteiger partial charge in [-0.3, -0.25) is 10.1 Å². The highest BCUT2D eigenvalue weighted by Crippen LogP contribution is 2.34. The summed E-state index contributed by atoms with van der Waals surface area (Å²) in [7, 11) is 0. The maximum atomic E-state index is 13.3. The van der Waals surface area contributed by atoms with Crippen molar-refractivity contribution in [2.24, 2.45) is 5.73 Å². The molecular weight excluding hydrogens is 365 g/mol. The van der Waals surface area contributed by atoms with Crippen LogP contribution in [0.25, 0.3) is 10.9 Å². The van der Waals surface area contributed by atoms with E-state index in [2.05, 4.69) is 15.3 Å². The fourth-order valence-corrected chi connectivity index (χ4v) is 2.49. The topological polar surface area (TPSA) is 116 Å². The van der Waals surface area contributed by atoms with Crippen molar-refractivity contribution in [3.05, 3.63) is 57.6 Å². The monoisotopic (exact) mass is 377 g/mol. The van der Waals surface area contributed by atoms with Crippen LogP contribution >= 0.6 is 11.6 Å². The van der Waals surface area contributed by atoms with E-state index in [-0.39, 0.29) is 29.6 Å². The number of nitro groups is 1. The fraction of sp³-hybridized carbons (Fsp3) is 0.125. The van der Waals surface area contributed by atoms with Gasteiger partial charge in [-0.15, -0.1) is 0 Å². The van der Waals surface area contributed by atoms with Gasteiger partial charge in [0.2, 0.25) is 0 Å². The third-order valence-electron chi connectivity index (χ3n) is 3.47. The Balaban J connectivity index is 2.07. The molecule has 0 aliphatic carbocycles. The minimum Gasteiger partial charge on any atom is -0.485 e. The SMILES string of the molecule is NCCOc1cc2ncnc(Nc3ccc(F)c(Cl)c3)c2cc1[N+](=O)[O-]. The normalized spacial score (nSPS) is 10.7. The highest BCUT2D eigenvalue weighted by Gasteiger charge is 2.19. The van der Waals surface area contributed by atoms with Gasteiger partial charge in [-0.25, -0.2) is 14.4 Å². The first-order valence-corrected chi connectivity index (χ1v) is 7.85. The molecule has 3 aromatic rings. The van der Waals surface area contributed by atoms with E-state index < -0.39 is 10.7 Å². The molecule has 0 bridgehead atoms. The summed E-state index contributed by atoms with van der Waals surface area (Å²) in [4.78, 5) is 19.0. The molecule has 0 amide bonds. The number of aromatic nitrogens is 2. The van der Waals surface area contributed by atoms with Crippen LogP contribution in [0.1, 0.15) is 0 Å². The molecule has 134 valence electrons. The number of nitrogens with zero attached hydrogens (tertiary/aromatic N) is 3. The van der Waals surface area contributed by atoms with E-state index >= 15 is 0 Å². The van der Waals surface area contributed by atoms with E-state index in [0.717, 1.165) is 0 Å². The van der Waals surface area contributed by atoms with Gasteiger partial charge in [0.1, 0.15) is 24.6 Å². The van der Waals surface area contributed by atoms with Crippen LogP contribution in [0.15, 0.2) is 36.7 Å². The van der Waals surface area contributed by atoms with Gasteiger partial charge in [-0.1, -0.05) is 11.6 Å². The standard InChI is InChI=1S/C16H13ClFN5O3/c17-11-5-9(1-2-12(11)18)22-16-10-6-14(23(24)25)15(26-4-3-19)7-13(10)20-8-21-16/h1-2,5-8H,3-4,19H2,(H,20,21,22). The van der Waals surface area contributed by atoms with E-state index in [9.17, 15) is 14.5 Å². The Morgan fingerprint density at radius 2 is 2.12 bits per heavy atom. The lowest BCUT2D eigenvalue weighted by molar-refractivity contribution is -0.385. The third-order valence-corrected chi connectivity index (χ3v) is 3.76. The number of rotatable bonds is 6. The Labute approximate surface area is 151 Å². The first-order valence-electron chi connectivity index (χ1n) is 7.47. The predicted molar refractivity (Wildman–Crippen MR) is 95.4 cm³/mol. The van der Waals surface area contributed by atoms with Crippen LogP contribution in [0.2, 0.25) is 5.02 Å². The molecule has 10 heteroatoms. The molecule has 0 saturated heterocycles. The zero-order chi connectivity index (χ0) is 18.7. The summed E-state index contributed by atoms with van der Waals surface area (Å²) in [6.45, 7) is 0.355. The number of halogens is 2. The molecule has 2 aromatic carbocycles. The smallest absolute Gasteiger partial charge is 0.311 e. The van der Waals surface area contributed by atoms with Crippen LogP contribution in [0.4, 0.5) is 21.6 Å². The molecule has 1 heterocycles. The molecule has 0 spiro atoms. The molecule has 0 radical (unpaired) electrons. The predicted octanol–water partition coefficient (Wildman–Crippen LogP) is 3.41. The molecule has 1 aromatic heterocycles. The van der Waals surface area contributed by atoms with Crippen LogP contribution in [0.5, 0.6) is 5.75 Å². The van der Waals surface area contributed by atoms with Gasteiger partial charge >= 0.3 is 5.69 Å². The number of nitro benzene ring substituents is 1. The van der Waals surface area contributed by atoms with Gasteiger partial charge in [0.15, 0.2) is 5.75 Å². The minimum atomic E-state index is -0.559. The van der Waals surface area contributed by atoms with Crippen LogP contribution in [-0.2, 0) is 0 Å². The molecule has 0 fully saturated rings. The Bertz CT molecular complexity index is 986. The molecule has 3 rings (SSSR count). The number of ether oxygens (including phenoxy) is 1. The average Bonchev–Trinajstić information content (AvgIpc) is 2.62. The van der Waals surface area contributed by atoms with Crippen molar-refractivity contribution in [1.82, 2.24) is 9.97 Å². The minimum absolute atomic E-state index is 0.0585. The number of hydrogen-bond acceptors (Lipinski definition) is 7. The van der Waals surface area contributed by atoms with Crippen molar-refractivity contribution in [3.8, 4) is 5.75 Å². The van der Waals surface area contributed by atoms with Crippen molar-refractivity contribution in [1.29, 1.82) is 0 Å². The lowest BCUT2D eigenvalue weighted by Gasteiger charge is -2.11. The van der Waals surface area contributed by atoms with Gasteiger partial charge in [0, 0.05) is 24.4 Å². The van der Waals surface area contributed by atoms with Gasteiger partial charge in [-0.2, -0.15) is 0 Å². The molecule has 0 aliphatic heterocycles. The highest BCUT2D eigenvalue weighted by atomic mass is 35.5. The zero-order valence-electron chi connectivity index (χ0n) is 13.3. The lowest BCUT2D eigenvalue weighted by Crippen LogP contribution is -2.11. The molecule has 0 saturated carbocycles. The van der Waals surface area contributed by atoms with Gasteiger partial charge < -0.3 is 15.8 Å². The van der Waals surface area contributed by atoms with Crippen molar-refractivity contribution in [2.75, 3.05) is 18.5 Å². The first-order chi connectivity index (χ1) is 12.5. The summed E-state index contributed by atoms with van der Waals surface area (Å²) < 4.78 is 18.6. The summed E-state index contributed by atoms with van der Waals surface area (Å²) in [6, 6.07) is 6.83. The third kappa shape index (κ3) is 3.63. The van der Waals surface area contributed by atoms with Crippen LogP contribution < -0.4 is 15.8 Å². The number of hydrogen-bond donors (Lipinski definition) is 2. The summed E-state index contributed by atoms with van der Waals surface area (Å²) in [5, 5.41) is 14.7. The number of benzene rings is 2. The molecule has 0 aliphatic rings. The van der Waals surface area contributed by atoms with Crippen LogP contribution in [0.3, 0.4) is 0 Å². The van der Waals surface area contributed by atoms with Crippen molar-refractivity contribution < 1.29 is 14.1 Å². The molecular formula is C16H13ClFN5O3. The summed E-state index contributed by atoms with van der Waals surface area (Å²) >= 11 is 5.77. The van der Waals surface area contributed by atoms with Crippen LogP contribution in [-0.4, -0.2) is 28.0 Å². The van der Waals surface area contributed by atoms with E-state index in [1.54, 1.807) is 0 Å². The van der Waals surface area contributed by atoms with Gasteiger partial charge in [0.05, 0.1) is 20.8 Å². The van der Waals surface area contributed by atoms with E-state index in [0.29, 0.717) is 22.4 Å². The van der Waals surface area contributed by atoms with E-state index in [1.807, 2.05) is 0 Å². The number of anilines is 2. The molecule has 3 N–H and O–H groups in total. The second-order valence-corrected chi connectivity index (χ2v) is 5.61. The summed E-state index contributed by atoms with van der Waals surface area (Å²) in [6.07, 6.45) is 1.30. The fourth-order valence-electron chi connectivity index (χ4n) is 2.31. The van der Waals surface area contributed by atoms with Crippen molar-refractivity contribution in [2.45, 2.75) is 0 Å². The summed E-state index contributed by atoms with van der Waals surface area (Å²) in [5.74, 6) is -0.171. The Kier molecular flexibility index (Phi) is 5.10. The largest absolute Gasteiger partial charge is 0.485 e. The molecule has 0 unspecified atom stereocenters. The second kappa shape index (κ2) is 7.46. The maximum absolute atomic E-state index is 13.3. The number of fused-ring (bicyclic) bond motifs is 1. The van der Waals surface area contributed by atoms with E-state index in [1.165, 1.54) is 36.7 Å². The number of nitrogens with one attached hydrogen (secondary N) is 1. The zero-order valence-corrected chi connectivity index (χ0v) is 14.0. The van der Waals surface area contributed by atoms with Gasteiger partial charge in [0.25, 0.3) is 0 Å². The van der Waals surface area contributed by atoms with Crippen molar-refractivity contribution >= 4 is 39.7 Å². The Morgan fingerprint density at radius 1 is 1.31 bits per heavy atom. The average molecular weight is 378 g/mol. The molecule has 0 atom stereocenters. The second-order valence-electron chi connectivity index (χ2n) is 5.21. The molecule has 26 heavy (non-hydrogen) atoms. The van der Waals surface area contributed by atoms with E-state index in [4.69, 9.17) is 22.1 Å². The maximum Gasteiger partial charge on any atom is 0.311 e. The Morgan fingerprint density at radius 3 is 2.81 bits per heavy atom. The van der Waals surface area contributed by atoms with Gasteiger partial charge in [-0.05, 0) is 18.2 Å².